The zero-order chi connectivity index (χ0) is 16.4. The van der Waals surface area contributed by atoms with Gasteiger partial charge >= 0.3 is 0 Å². The van der Waals surface area contributed by atoms with E-state index in [0.717, 1.165) is 11.3 Å². The number of carbonyl (C=O) groups excluding carboxylic acids is 2. The lowest BCUT2D eigenvalue weighted by atomic mass is 10.2. The molecule has 0 fully saturated rings. The summed E-state index contributed by atoms with van der Waals surface area (Å²) < 4.78 is 0. The number of hydrogen-bond acceptors (Lipinski definition) is 5. The van der Waals surface area contributed by atoms with E-state index in [1.807, 2.05) is 12.3 Å². The third-order valence-electron chi connectivity index (χ3n) is 2.94. The van der Waals surface area contributed by atoms with E-state index in [2.05, 4.69) is 15.6 Å². The first-order chi connectivity index (χ1) is 10.6. The number of carbonyl (C=O) groups is 2. The Morgan fingerprint density at radius 3 is 2.91 bits per heavy atom. The van der Waals surface area contributed by atoms with E-state index >= 15 is 0 Å². The van der Waals surface area contributed by atoms with Crippen molar-refractivity contribution in [2.75, 3.05) is 17.3 Å². The fourth-order valence-corrected chi connectivity index (χ4v) is 2.23. The van der Waals surface area contributed by atoms with Crippen molar-refractivity contribution in [2.45, 2.75) is 32.2 Å². The van der Waals surface area contributed by atoms with Crippen LogP contribution in [0.25, 0.3) is 0 Å². The average molecular weight is 320 g/mol. The first kappa shape index (κ1) is 18.0. The van der Waals surface area contributed by atoms with E-state index < -0.39 is 6.04 Å². The fourth-order valence-electron chi connectivity index (χ4n) is 1.76. The average Bonchev–Trinajstić information content (AvgIpc) is 2.51. The van der Waals surface area contributed by atoms with Crippen LogP contribution in [-0.2, 0) is 16.0 Å². The summed E-state index contributed by atoms with van der Waals surface area (Å²) in [5.74, 6) is 0.701. The number of rotatable bonds is 8. The van der Waals surface area contributed by atoms with Gasteiger partial charge in [0.2, 0.25) is 11.8 Å². The molecule has 22 heavy (non-hydrogen) atoms. The number of nitriles is 1. The Morgan fingerprint density at radius 1 is 1.50 bits per heavy atom. The van der Waals surface area contributed by atoms with Gasteiger partial charge in [0.25, 0.3) is 0 Å². The fraction of sp³-hybridized carbons (Fsp3) is 0.467. The molecule has 1 aromatic rings. The van der Waals surface area contributed by atoms with Gasteiger partial charge in [0, 0.05) is 12.6 Å². The number of nitrogens with zero attached hydrogens (tertiary/aromatic N) is 2. The Balaban J connectivity index is 2.74. The monoisotopic (exact) mass is 320 g/mol. The Bertz CT molecular complexity index is 557. The predicted octanol–water partition coefficient (Wildman–Crippen LogP) is 1.73. The minimum Gasteiger partial charge on any atom is -0.344 e. The summed E-state index contributed by atoms with van der Waals surface area (Å²) in [5, 5.41) is 14.1. The Kier molecular flexibility index (Phi) is 8.00. The minimum atomic E-state index is -0.582. The van der Waals surface area contributed by atoms with Crippen molar-refractivity contribution in [1.82, 2.24) is 10.3 Å². The number of thioether (sulfide) groups is 1. The molecule has 0 aliphatic rings. The molecular weight excluding hydrogens is 300 g/mol. The highest BCUT2D eigenvalue weighted by Crippen LogP contribution is 2.09. The van der Waals surface area contributed by atoms with Crippen LogP contribution < -0.4 is 10.6 Å². The number of amides is 2. The van der Waals surface area contributed by atoms with Crippen LogP contribution in [0.15, 0.2) is 18.3 Å². The Labute approximate surface area is 134 Å². The highest BCUT2D eigenvalue weighted by Gasteiger charge is 2.20. The van der Waals surface area contributed by atoms with E-state index in [1.165, 1.54) is 0 Å². The lowest BCUT2D eigenvalue weighted by Gasteiger charge is -2.17. The van der Waals surface area contributed by atoms with Crippen LogP contribution in [0.5, 0.6) is 0 Å². The van der Waals surface area contributed by atoms with E-state index in [0.29, 0.717) is 18.7 Å². The van der Waals surface area contributed by atoms with E-state index in [1.54, 1.807) is 37.0 Å². The molecule has 0 saturated heterocycles. The molecule has 1 atom stereocenters. The van der Waals surface area contributed by atoms with Gasteiger partial charge in [0.1, 0.15) is 11.9 Å². The molecule has 7 heteroatoms. The van der Waals surface area contributed by atoms with Crippen LogP contribution in [0.4, 0.5) is 5.82 Å². The van der Waals surface area contributed by atoms with Crippen molar-refractivity contribution in [2.24, 2.45) is 0 Å². The summed E-state index contributed by atoms with van der Waals surface area (Å²) in [7, 11) is 0. The highest BCUT2D eigenvalue weighted by molar-refractivity contribution is 7.98. The number of hydrogen-bond donors (Lipinski definition) is 2. The Hall–Kier alpha value is -2.07. The van der Waals surface area contributed by atoms with E-state index in [-0.39, 0.29) is 18.2 Å². The molecule has 0 radical (unpaired) electrons. The molecule has 1 heterocycles. The smallest absolute Gasteiger partial charge is 0.248 e. The molecule has 0 aliphatic heterocycles. The van der Waals surface area contributed by atoms with Gasteiger partial charge in [-0.25, -0.2) is 4.98 Å². The summed E-state index contributed by atoms with van der Waals surface area (Å²) in [4.78, 5) is 27.9. The molecule has 1 aromatic heterocycles. The second kappa shape index (κ2) is 9.79. The maximum absolute atomic E-state index is 12.3. The van der Waals surface area contributed by atoms with Crippen molar-refractivity contribution >= 4 is 29.4 Å². The molecule has 0 spiro atoms. The van der Waals surface area contributed by atoms with Crippen LogP contribution in [0.1, 0.15) is 25.3 Å². The first-order valence-electron chi connectivity index (χ1n) is 7.01. The zero-order valence-electron chi connectivity index (χ0n) is 12.8. The van der Waals surface area contributed by atoms with Crippen molar-refractivity contribution in [3.8, 4) is 6.07 Å². The molecular formula is C15H20N4O2S. The maximum Gasteiger partial charge on any atom is 0.248 e. The summed E-state index contributed by atoms with van der Waals surface area (Å²) in [6, 6.07) is 4.85. The van der Waals surface area contributed by atoms with Crippen molar-refractivity contribution in [3.05, 3.63) is 23.9 Å². The second-order valence-corrected chi connectivity index (χ2v) is 5.61. The van der Waals surface area contributed by atoms with Crippen molar-refractivity contribution < 1.29 is 9.59 Å². The predicted molar refractivity (Wildman–Crippen MR) is 87.4 cm³/mol. The lowest BCUT2D eigenvalue weighted by Crippen LogP contribution is -2.44. The molecule has 118 valence electrons. The molecule has 0 aromatic carbocycles. The van der Waals surface area contributed by atoms with Crippen LogP contribution in [-0.4, -0.2) is 34.8 Å². The van der Waals surface area contributed by atoms with Crippen LogP contribution in [0.3, 0.4) is 0 Å². The second-order valence-electron chi connectivity index (χ2n) is 4.63. The van der Waals surface area contributed by atoms with Crippen LogP contribution in [0, 0.1) is 11.3 Å². The highest BCUT2D eigenvalue weighted by atomic mass is 32.2. The molecule has 6 nitrogen and oxygen atoms in total. The topological polar surface area (TPSA) is 94.9 Å². The van der Waals surface area contributed by atoms with Gasteiger partial charge in [-0.05, 0) is 36.1 Å². The number of anilines is 1. The van der Waals surface area contributed by atoms with E-state index in [4.69, 9.17) is 5.26 Å². The number of nitrogens with one attached hydrogen (secondary N) is 2. The van der Waals surface area contributed by atoms with Gasteiger partial charge in [-0.2, -0.15) is 17.0 Å². The molecule has 2 amide bonds. The van der Waals surface area contributed by atoms with Crippen molar-refractivity contribution in [1.29, 1.82) is 5.26 Å². The summed E-state index contributed by atoms with van der Waals surface area (Å²) in [6.45, 7) is 1.74. The normalized spacial score (nSPS) is 11.3. The van der Waals surface area contributed by atoms with Gasteiger partial charge < -0.3 is 10.6 Å². The molecule has 0 saturated carbocycles. The number of pyridine rings is 1. The van der Waals surface area contributed by atoms with E-state index in [9.17, 15) is 9.59 Å². The summed E-state index contributed by atoms with van der Waals surface area (Å²) in [6.07, 6.45) is 4.64. The van der Waals surface area contributed by atoms with Crippen molar-refractivity contribution in [3.63, 3.8) is 0 Å². The van der Waals surface area contributed by atoms with Gasteiger partial charge in [0.15, 0.2) is 0 Å². The van der Waals surface area contributed by atoms with Gasteiger partial charge in [0.05, 0.1) is 12.5 Å². The molecule has 0 bridgehead atoms. The zero-order valence-corrected chi connectivity index (χ0v) is 13.6. The van der Waals surface area contributed by atoms with Gasteiger partial charge in [-0.1, -0.05) is 6.92 Å². The third kappa shape index (κ3) is 6.14. The van der Waals surface area contributed by atoms with Gasteiger partial charge in [-0.3, -0.25) is 9.59 Å². The minimum absolute atomic E-state index is 0.160. The summed E-state index contributed by atoms with van der Waals surface area (Å²) >= 11 is 1.61. The molecule has 2 N–H and O–H groups in total. The molecule has 1 unspecified atom stereocenters. The molecule has 0 aliphatic carbocycles. The van der Waals surface area contributed by atoms with Crippen LogP contribution >= 0.6 is 11.8 Å². The Morgan fingerprint density at radius 2 is 2.27 bits per heavy atom. The standard InChI is InChI=1S/C15H20N4O2S/c1-3-14(20)18-12(6-9-22-2)15(21)19-13-10-11(4-7-16)5-8-17-13/h5,8,10,12H,3-4,6,9H2,1-2H3,(H,18,20)(H,17,19,21). The molecule has 1 rings (SSSR count). The van der Waals surface area contributed by atoms with Gasteiger partial charge in [-0.15, -0.1) is 0 Å². The first-order valence-corrected chi connectivity index (χ1v) is 8.41. The largest absolute Gasteiger partial charge is 0.344 e. The summed E-state index contributed by atoms with van der Waals surface area (Å²) in [5.41, 5.74) is 0.783. The maximum atomic E-state index is 12.3. The van der Waals surface area contributed by atoms with Crippen LogP contribution in [0.2, 0.25) is 0 Å². The number of aromatic nitrogens is 1. The SMILES string of the molecule is CCC(=O)NC(CCSC)C(=O)Nc1cc(CC#N)ccn1. The quantitative estimate of drug-likeness (QED) is 0.760. The lowest BCUT2D eigenvalue weighted by molar-refractivity contribution is -0.126. The third-order valence-corrected chi connectivity index (χ3v) is 3.59.